The van der Waals surface area contributed by atoms with Gasteiger partial charge < -0.3 is 14.6 Å². The number of hydrogen-bond donors (Lipinski definition) is 2. The smallest absolute Gasteiger partial charge is 0.162 e. The van der Waals surface area contributed by atoms with Gasteiger partial charge in [0.05, 0.1) is 13.2 Å². The molecule has 0 saturated carbocycles. The average molecular weight is 485 g/mol. The SMILES string of the molecule is CCOc1ccc(C2=N[C@@H](c3ccc(Cl)cc3Cl)N[C@@H](c3cccc(OCC)c3O)C2)cc1. The van der Waals surface area contributed by atoms with Gasteiger partial charge in [-0.25, -0.2) is 0 Å². The summed E-state index contributed by atoms with van der Waals surface area (Å²) in [5.41, 5.74) is 3.45. The molecule has 2 N–H and O–H groups in total. The van der Waals surface area contributed by atoms with Crippen molar-refractivity contribution in [1.82, 2.24) is 5.32 Å². The third kappa shape index (κ3) is 5.27. The average Bonchev–Trinajstić information content (AvgIpc) is 2.81. The van der Waals surface area contributed by atoms with E-state index in [1.807, 2.05) is 56.3 Å². The zero-order valence-corrected chi connectivity index (χ0v) is 20.0. The predicted octanol–water partition coefficient (Wildman–Crippen LogP) is 6.72. The molecule has 0 spiro atoms. The highest BCUT2D eigenvalue weighted by molar-refractivity contribution is 6.35. The monoisotopic (exact) mass is 484 g/mol. The van der Waals surface area contributed by atoms with Gasteiger partial charge >= 0.3 is 0 Å². The number of aromatic hydroxyl groups is 1. The van der Waals surface area contributed by atoms with E-state index in [1.165, 1.54) is 0 Å². The lowest BCUT2D eigenvalue weighted by molar-refractivity contribution is 0.313. The van der Waals surface area contributed by atoms with Crippen LogP contribution in [-0.2, 0) is 0 Å². The fourth-order valence-corrected chi connectivity index (χ4v) is 4.48. The highest BCUT2D eigenvalue weighted by Gasteiger charge is 2.29. The van der Waals surface area contributed by atoms with E-state index < -0.39 is 6.17 Å². The molecule has 1 aliphatic heterocycles. The van der Waals surface area contributed by atoms with Crippen LogP contribution in [0.3, 0.4) is 0 Å². The second-order valence-corrected chi connectivity index (χ2v) is 8.50. The van der Waals surface area contributed by atoms with Gasteiger partial charge in [-0.1, -0.05) is 41.4 Å². The number of aliphatic imine (C=N–C) groups is 1. The lowest BCUT2D eigenvalue weighted by atomic mass is 9.93. The molecule has 2 atom stereocenters. The number of ether oxygens (including phenoxy) is 2. The third-order valence-electron chi connectivity index (χ3n) is 5.50. The van der Waals surface area contributed by atoms with E-state index in [2.05, 4.69) is 5.32 Å². The molecule has 33 heavy (non-hydrogen) atoms. The molecule has 3 aromatic carbocycles. The zero-order chi connectivity index (χ0) is 23.4. The number of hydrogen-bond acceptors (Lipinski definition) is 5. The van der Waals surface area contributed by atoms with Crippen LogP contribution in [0, 0.1) is 0 Å². The number of phenols is 1. The van der Waals surface area contributed by atoms with Crippen molar-refractivity contribution in [3.63, 3.8) is 0 Å². The van der Waals surface area contributed by atoms with Crippen LogP contribution in [0.2, 0.25) is 10.0 Å². The van der Waals surface area contributed by atoms with Gasteiger partial charge in [-0.05, 0) is 61.9 Å². The predicted molar refractivity (Wildman–Crippen MR) is 133 cm³/mol. The van der Waals surface area contributed by atoms with E-state index in [9.17, 15) is 5.11 Å². The van der Waals surface area contributed by atoms with E-state index >= 15 is 0 Å². The normalized spacial score (nSPS) is 18.0. The summed E-state index contributed by atoms with van der Waals surface area (Å²) in [5, 5.41) is 15.5. The van der Waals surface area contributed by atoms with Crippen molar-refractivity contribution in [2.24, 2.45) is 4.99 Å². The zero-order valence-electron chi connectivity index (χ0n) is 18.5. The van der Waals surface area contributed by atoms with E-state index in [0.29, 0.717) is 35.4 Å². The molecule has 0 fully saturated rings. The summed E-state index contributed by atoms with van der Waals surface area (Å²) in [4.78, 5) is 4.98. The molecule has 0 bridgehead atoms. The minimum Gasteiger partial charge on any atom is -0.504 e. The van der Waals surface area contributed by atoms with Crippen molar-refractivity contribution in [2.75, 3.05) is 13.2 Å². The Kier molecular flexibility index (Phi) is 7.43. The van der Waals surface area contributed by atoms with Crippen LogP contribution >= 0.6 is 23.2 Å². The summed E-state index contributed by atoms with van der Waals surface area (Å²) >= 11 is 12.6. The quantitative estimate of drug-likeness (QED) is 0.390. The molecule has 0 aromatic heterocycles. The number of benzene rings is 3. The first kappa shape index (κ1) is 23.4. The molecule has 172 valence electrons. The highest BCUT2D eigenvalue weighted by Crippen LogP contribution is 2.40. The number of nitrogens with one attached hydrogen (secondary N) is 1. The van der Waals surface area contributed by atoms with E-state index in [0.717, 1.165) is 28.2 Å². The summed E-state index contributed by atoms with van der Waals surface area (Å²) in [6.45, 7) is 4.93. The lowest BCUT2D eigenvalue weighted by Crippen LogP contribution is -2.33. The fraction of sp³-hybridized carbons (Fsp3) is 0.269. The largest absolute Gasteiger partial charge is 0.504 e. The molecule has 0 aliphatic carbocycles. The molecule has 0 amide bonds. The van der Waals surface area contributed by atoms with Crippen LogP contribution in [0.25, 0.3) is 0 Å². The topological polar surface area (TPSA) is 63.1 Å². The Hall–Kier alpha value is -2.73. The molecule has 0 saturated heterocycles. The van der Waals surface area contributed by atoms with Gasteiger partial charge in [0.15, 0.2) is 11.5 Å². The fourth-order valence-electron chi connectivity index (χ4n) is 3.97. The van der Waals surface area contributed by atoms with Crippen LogP contribution in [-0.4, -0.2) is 24.0 Å². The van der Waals surface area contributed by atoms with Gasteiger partial charge in [-0.2, -0.15) is 0 Å². The number of para-hydroxylation sites is 1. The Bertz CT molecular complexity index is 1150. The van der Waals surface area contributed by atoms with Crippen molar-refractivity contribution >= 4 is 28.9 Å². The van der Waals surface area contributed by atoms with Crippen molar-refractivity contribution in [3.8, 4) is 17.2 Å². The Morgan fingerprint density at radius 3 is 2.42 bits per heavy atom. The molecule has 7 heteroatoms. The summed E-state index contributed by atoms with van der Waals surface area (Å²) in [7, 11) is 0. The molecule has 1 aliphatic rings. The molecule has 0 unspecified atom stereocenters. The molecule has 1 heterocycles. The number of halogens is 2. The number of phenolic OH excluding ortho intramolecular Hbond substituents is 1. The van der Waals surface area contributed by atoms with E-state index in [-0.39, 0.29) is 11.8 Å². The molecule has 5 nitrogen and oxygen atoms in total. The Balaban J connectivity index is 1.75. The van der Waals surface area contributed by atoms with Crippen LogP contribution in [0.15, 0.2) is 65.7 Å². The van der Waals surface area contributed by atoms with Crippen LogP contribution in [0.5, 0.6) is 17.2 Å². The maximum Gasteiger partial charge on any atom is 0.162 e. The third-order valence-corrected chi connectivity index (χ3v) is 6.06. The highest BCUT2D eigenvalue weighted by atomic mass is 35.5. The second-order valence-electron chi connectivity index (χ2n) is 7.65. The van der Waals surface area contributed by atoms with E-state index in [1.54, 1.807) is 18.2 Å². The van der Waals surface area contributed by atoms with E-state index in [4.69, 9.17) is 37.7 Å². The summed E-state index contributed by atoms with van der Waals surface area (Å²) < 4.78 is 11.2. The maximum atomic E-state index is 10.9. The number of nitrogens with zero attached hydrogens (tertiary/aromatic N) is 1. The number of rotatable bonds is 7. The second kappa shape index (κ2) is 10.5. The van der Waals surface area contributed by atoms with Gasteiger partial charge in [-0.3, -0.25) is 10.3 Å². The van der Waals surface area contributed by atoms with Gasteiger partial charge in [0.1, 0.15) is 11.9 Å². The Morgan fingerprint density at radius 1 is 0.970 bits per heavy atom. The summed E-state index contributed by atoms with van der Waals surface area (Å²) in [6.07, 6.45) is 0.170. The summed E-state index contributed by atoms with van der Waals surface area (Å²) in [6, 6.07) is 18.6. The lowest BCUT2D eigenvalue weighted by Gasteiger charge is -2.31. The maximum absolute atomic E-state index is 10.9. The molecular formula is C26H26Cl2N2O3. The molecule has 0 radical (unpaired) electrons. The van der Waals surface area contributed by atoms with Crippen molar-refractivity contribution in [1.29, 1.82) is 0 Å². The van der Waals surface area contributed by atoms with Crippen LogP contribution < -0.4 is 14.8 Å². The molecule has 4 rings (SSSR count). The first-order valence-electron chi connectivity index (χ1n) is 11.0. The van der Waals surface area contributed by atoms with Gasteiger partial charge in [0, 0.05) is 39.3 Å². The molecule has 3 aromatic rings. The van der Waals surface area contributed by atoms with Gasteiger partial charge in [0.2, 0.25) is 0 Å². The Labute approximate surface area is 204 Å². The van der Waals surface area contributed by atoms with Crippen LogP contribution in [0.1, 0.15) is 49.2 Å². The van der Waals surface area contributed by atoms with Crippen molar-refractivity contribution < 1.29 is 14.6 Å². The first-order valence-corrected chi connectivity index (χ1v) is 11.7. The minimum atomic E-state index is -0.412. The van der Waals surface area contributed by atoms with Crippen LogP contribution in [0.4, 0.5) is 0 Å². The minimum absolute atomic E-state index is 0.130. The molecular weight excluding hydrogens is 459 g/mol. The Morgan fingerprint density at radius 2 is 1.73 bits per heavy atom. The first-order chi connectivity index (χ1) is 16.0. The van der Waals surface area contributed by atoms with Gasteiger partial charge in [-0.15, -0.1) is 0 Å². The van der Waals surface area contributed by atoms with Crippen molar-refractivity contribution in [3.05, 3.63) is 87.4 Å². The summed E-state index contributed by atoms with van der Waals surface area (Å²) in [5.74, 6) is 1.40. The standard InChI is InChI=1S/C26H26Cl2N2O3/c1-3-32-18-11-8-16(9-12-18)22-15-23(20-6-5-7-24(25(20)31)33-4-2)30-26(29-22)19-13-10-17(27)14-21(19)28/h5-14,23,26,30-31H,3-4,15H2,1-2H3/t23-,26-/m1/s1. The van der Waals surface area contributed by atoms with Gasteiger partial charge in [0.25, 0.3) is 0 Å². The van der Waals surface area contributed by atoms with Crippen molar-refractivity contribution in [2.45, 2.75) is 32.5 Å².